The first-order valence-corrected chi connectivity index (χ1v) is 5.19. The van der Waals surface area contributed by atoms with Crippen molar-refractivity contribution in [3.05, 3.63) is 23.8 Å². The van der Waals surface area contributed by atoms with E-state index in [0.29, 0.717) is 5.56 Å². The Morgan fingerprint density at radius 1 is 1.40 bits per heavy atom. The van der Waals surface area contributed by atoms with Crippen molar-refractivity contribution in [3.8, 4) is 11.5 Å². The van der Waals surface area contributed by atoms with Crippen molar-refractivity contribution in [3.63, 3.8) is 0 Å². The molecule has 0 heterocycles. The maximum Gasteiger partial charge on any atom is 0.387 e. The normalized spacial score (nSPS) is 10.6. The molecular weight excluding hydrogens is 276 g/mol. The van der Waals surface area contributed by atoms with Crippen LogP contribution in [0.5, 0.6) is 11.5 Å². The number of hydrogen-bond donors (Lipinski definition) is 2. The molecule has 1 rings (SSSR count). The van der Waals surface area contributed by atoms with E-state index in [4.69, 9.17) is 10.5 Å². The molecule has 0 aliphatic rings. The lowest BCUT2D eigenvalue weighted by Crippen LogP contribution is -2.32. The van der Waals surface area contributed by atoms with Crippen LogP contribution in [-0.2, 0) is 9.59 Å². The van der Waals surface area contributed by atoms with Gasteiger partial charge in [-0.3, -0.25) is 9.59 Å². The van der Waals surface area contributed by atoms with Gasteiger partial charge < -0.3 is 15.2 Å². The molecule has 1 aromatic carbocycles. The zero-order valence-electron chi connectivity index (χ0n) is 10.3. The predicted octanol–water partition coefficient (Wildman–Crippen LogP) is 0.232. The van der Waals surface area contributed by atoms with Gasteiger partial charge in [-0.15, -0.1) is 0 Å². The number of hydrazone groups is 1. The van der Waals surface area contributed by atoms with Crippen LogP contribution in [0.25, 0.3) is 0 Å². The Balaban J connectivity index is 2.80. The Morgan fingerprint density at radius 2 is 2.10 bits per heavy atom. The number of carbonyl (C=O) groups excluding carboxylic acids is 2. The van der Waals surface area contributed by atoms with Crippen LogP contribution in [0.3, 0.4) is 0 Å². The Labute approximate surface area is 112 Å². The predicted molar refractivity (Wildman–Crippen MR) is 64.6 cm³/mol. The zero-order chi connectivity index (χ0) is 15.1. The second kappa shape index (κ2) is 7.02. The van der Waals surface area contributed by atoms with Gasteiger partial charge in [0.2, 0.25) is 0 Å². The summed E-state index contributed by atoms with van der Waals surface area (Å²) in [5.74, 6) is -2.33. The van der Waals surface area contributed by atoms with Crippen LogP contribution in [0, 0.1) is 0 Å². The summed E-state index contributed by atoms with van der Waals surface area (Å²) in [6.07, 6.45) is 1.18. The molecule has 0 aromatic heterocycles. The molecule has 3 N–H and O–H groups in total. The van der Waals surface area contributed by atoms with Crippen molar-refractivity contribution in [1.82, 2.24) is 5.43 Å². The lowest BCUT2D eigenvalue weighted by Gasteiger charge is -2.09. The monoisotopic (exact) mass is 287 g/mol. The first-order valence-electron chi connectivity index (χ1n) is 5.19. The quantitative estimate of drug-likeness (QED) is 0.459. The summed E-state index contributed by atoms with van der Waals surface area (Å²) in [4.78, 5) is 21.2. The van der Waals surface area contributed by atoms with Crippen LogP contribution in [-0.4, -0.2) is 31.8 Å². The van der Waals surface area contributed by atoms with E-state index in [2.05, 4.69) is 9.84 Å². The summed E-state index contributed by atoms with van der Waals surface area (Å²) in [6, 6.07) is 4.01. The van der Waals surface area contributed by atoms with Crippen LogP contribution in [0.2, 0.25) is 0 Å². The lowest BCUT2D eigenvalue weighted by atomic mass is 10.2. The van der Waals surface area contributed by atoms with Gasteiger partial charge in [-0.1, -0.05) is 0 Å². The van der Waals surface area contributed by atoms with E-state index in [1.807, 2.05) is 5.43 Å². The second-order valence-electron chi connectivity index (χ2n) is 3.35. The molecule has 0 saturated carbocycles. The van der Waals surface area contributed by atoms with Crippen LogP contribution >= 0.6 is 0 Å². The van der Waals surface area contributed by atoms with Gasteiger partial charge in [0.05, 0.1) is 13.3 Å². The fourth-order valence-corrected chi connectivity index (χ4v) is 1.18. The van der Waals surface area contributed by atoms with Gasteiger partial charge in [-0.25, -0.2) is 5.43 Å². The highest BCUT2D eigenvalue weighted by Crippen LogP contribution is 2.28. The summed E-state index contributed by atoms with van der Waals surface area (Å²) in [6.45, 7) is -2.97. The third-order valence-electron chi connectivity index (χ3n) is 2.01. The highest BCUT2D eigenvalue weighted by Gasteiger charge is 2.10. The van der Waals surface area contributed by atoms with Crippen molar-refractivity contribution in [1.29, 1.82) is 0 Å². The van der Waals surface area contributed by atoms with Crippen LogP contribution in [0.4, 0.5) is 8.78 Å². The van der Waals surface area contributed by atoms with Gasteiger partial charge in [-0.05, 0) is 23.8 Å². The standard InChI is InChI=1S/C11H11F2N3O4/c1-19-8-4-6(2-3-7(8)20-11(12)13)5-15-16-10(18)9(14)17/h2-5,11H,1H3,(H2,14,17)(H,16,18)/b15-5-. The van der Waals surface area contributed by atoms with Crippen molar-refractivity contribution in [2.45, 2.75) is 6.61 Å². The van der Waals surface area contributed by atoms with Gasteiger partial charge >= 0.3 is 18.4 Å². The molecule has 1 aromatic rings. The number of amides is 2. The number of nitrogens with one attached hydrogen (secondary N) is 1. The first-order chi connectivity index (χ1) is 9.43. The Morgan fingerprint density at radius 3 is 2.65 bits per heavy atom. The average molecular weight is 287 g/mol. The Bertz CT molecular complexity index is 534. The van der Waals surface area contributed by atoms with Crippen LogP contribution in [0.1, 0.15) is 5.56 Å². The van der Waals surface area contributed by atoms with Gasteiger partial charge in [0.15, 0.2) is 11.5 Å². The molecule has 0 fully saturated rings. The third kappa shape index (κ3) is 4.52. The second-order valence-corrected chi connectivity index (χ2v) is 3.35. The maximum atomic E-state index is 12.1. The number of halogens is 2. The molecule has 0 aliphatic heterocycles. The highest BCUT2D eigenvalue weighted by molar-refractivity contribution is 6.34. The van der Waals surface area contributed by atoms with E-state index in [1.54, 1.807) is 0 Å². The molecule has 0 unspecified atom stereocenters. The van der Waals surface area contributed by atoms with E-state index in [-0.39, 0.29) is 11.5 Å². The van der Waals surface area contributed by atoms with E-state index in [1.165, 1.54) is 31.5 Å². The molecule has 9 heteroatoms. The minimum atomic E-state index is -2.97. The molecule has 108 valence electrons. The third-order valence-corrected chi connectivity index (χ3v) is 2.01. The van der Waals surface area contributed by atoms with Crippen molar-refractivity contribution in [2.24, 2.45) is 10.8 Å². The van der Waals surface area contributed by atoms with Crippen molar-refractivity contribution in [2.75, 3.05) is 7.11 Å². The van der Waals surface area contributed by atoms with Crippen molar-refractivity contribution >= 4 is 18.0 Å². The summed E-state index contributed by atoms with van der Waals surface area (Å²) in [7, 11) is 1.28. The number of hydrogen-bond acceptors (Lipinski definition) is 5. The SMILES string of the molecule is COc1cc(/C=N\NC(=O)C(N)=O)ccc1OC(F)F. The highest BCUT2D eigenvalue weighted by atomic mass is 19.3. The number of ether oxygens (including phenoxy) is 2. The Hall–Kier alpha value is -2.71. The summed E-state index contributed by atoms with van der Waals surface area (Å²) in [5.41, 5.74) is 7.00. The van der Waals surface area contributed by atoms with Crippen LogP contribution < -0.4 is 20.6 Å². The van der Waals surface area contributed by atoms with E-state index < -0.39 is 18.4 Å². The minimum Gasteiger partial charge on any atom is -0.493 e. The molecule has 7 nitrogen and oxygen atoms in total. The van der Waals surface area contributed by atoms with Crippen molar-refractivity contribution < 1.29 is 27.8 Å². The molecule has 0 spiro atoms. The fraction of sp³-hybridized carbons (Fsp3) is 0.182. The number of methoxy groups -OCH3 is 1. The lowest BCUT2D eigenvalue weighted by molar-refractivity contribution is -0.137. The molecule has 0 radical (unpaired) electrons. The smallest absolute Gasteiger partial charge is 0.387 e. The van der Waals surface area contributed by atoms with Gasteiger partial charge in [0, 0.05) is 0 Å². The summed E-state index contributed by atoms with van der Waals surface area (Å²) >= 11 is 0. The number of alkyl halides is 2. The zero-order valence-corrected chi connectivity index (χ0v) is 10.3. The molecule has 0 saturated heterocycles. The number of benzene rings is 1. The largest absolute Gasteiger partial charge is 0.493 e. The van der Waals surface area contributed by atoms with Crippen LogP contribution in [0.15, 0.2) is 23.3 Å². The minimum absolute atomic E-state index is 0.0653. The van der Waals surface area contributed by atoms with Gasteiger partial charge in [0.1, 0.15) is 0 Å². The molecular formula is C11H11F2N3O4. The first kappa shape index (κ1) is 15.3. The molecule has 0 bridgehead atoms. The molecule has 2 amide bonds. The summed E-state index contributed by atoms with van der Waals surface area (Å²) in [5, 5.41) is 3.46. The molecule has 0 aliphatic carbocycles. The molecule has 20 heavy (non-hydrogen) atoms. The van der Waals surface area contributed by atoms with Gasteiger partial charge in [-0.2, -0.15) is 13.9 Å². The number of primary amides is 1. The number of nitrogens with two attached hydrogens (primary N) is 1. The average Bonchev–Trinajstić information content (AvgIpc) is 2.39. The topological polar surface area (TPSA) is 103 Å². The van der Waals surface area contributed by atoms with Gasteiger partial charge in [0.25, 0.3) is 0 Å². The fourth-order valence-electron chi connectivity index (χ4n) is 1.18. The van der Waals surface area contributed by atoms with E-state index in [0.717, 1.165) is 0 Å². The molecule has 0 atom stereocenters. The number of carbonyl (C=O) groups is 2. The maximum absolute atomic E-state index is 12.1. The van der Waals surface area contributed by atoms with E-state index >= 15 is 0 Å². The number of nitrogens with zero attached hydrogens (tertiary/aromatic N) is 1. The number of rotatable bonds is 5. The summed E-state index contributed by atoms with van der Waals surface area (Å²) < 4.78 is 33.3. The van der Waals surface area contributed by atoms with E-state index in [9.17, 15) is 18.4 Å². The Kier molecular flexibility index (Phi) is 5.39.